The van der Waals surface area contributed by atoms with Gasteiger partial charge in [-0.25, -0.2) is 8.42 Å². The van der Waals surface area contributed by atoms with Crippen LogP contribution in [0.15, 0.2) is 29.2 Å². The summed E-state index contributed by atoms with van der Waals surface area (Å²) in [6, 6.07) is 6.00. The summed E-state index contributed by atoms with van der Waals surface area (Å²) in [6.45, 7) is 0. The highest BCUT2D eigenvalue weighted by atomic mass is 32.2. The van der Waals surface area contributed by atoms with Crippen molar-refractivity contribution in [2.45, 2.75) is 61.9 Å². The standard InChI is InChI=1S/C23H35N3O4S/c1-25(2)22(27)18-11-13-20(14-12-18)31(29,30)15-16-7-9-17(10-8-16)21(24)23(28)26(3)19-5-4-6-19/h11-14,16-17,19,21H,4-10,15,24H2,1-3H3/t16?,17?,21-/m0/s1. The maximum Gasteiger partial charge on any atom is 0.253 e. The predicted molar refractivity (Wildman–Crippen MR) is 120 cm³/mol. The minimum atomic E-state index is -3.43. The SMILES string of the molecule is CN(C)C(=O)c1ccc(S(=O)(=O)CC2CCC([C@H](N)C(=O)N(C)C3CCC3)CC2)cc1. The number of hydrogen-bond donors (Lipinski definition) is 1. The lowest BCUT2D eigenvalue weighted by molar-refractivity contribution is -0.136. The van der Waals surface area contributed by atoms with Crippen molar-refractivity contribution in [2.24, 2.45) is 17.6 Å². The summed E-state index contributed by atoms with van der Waals surface area (Å²) in [4.78, 5) is 28.2. The first kappa shape index (κ1) is 23.7. The van der Waals surface area contributed by atoms with E-state index in [4.69, 9.17) is 5.73 Å². The van der Waals surface area contributed by atoms with Crippen molar-refractivity contribution in [1.82, 2.24) is 9.80 Å². The van der Waals surface area contributed by atoms with E-state index in [9.17, 15) is 18.0 Å². The van der Waals surface area contributed by atoms with E-state index in [1.165, 1.54) is 23.5 Å². The molecule has 0 aliphatic heterocycles. The molecular weight excluding hydrogens is 414 g/mol. The summed E-state index contributed by atoms with van der Waals surface area (Å²) in [5.74, 6) is 0.136. The molecule has 1 atom stereocenters. The Morgan fingerprint density at radius 1 is 1.00 bits per heavy atom. The minimum absolute atomic E-state index is 0.0214. The average Bonchev–Trinajstić information content (AvgIpc) is 2.71. The van der Waals surface area contributed by atoms with Crippen LogP contribution in [0.2, 0.25) is 0 Å². The van der Waals surface area contributed by atoms with Crippen molar-refractivity contribution in [1.29, 1.82) is 0 Å². The van der Waals surface area contributed by atoms with Crippen molar-refractivity contribution < 1.29 is 18.0 Å². The summed E-state index contributed by atoms with van der Waals surface area (Å²) < 4.78 is 25.7. The molecule has 0 unspecified atom stereocenters. The number of sulfone groups is 1. The Hall–Kier alpha value is -1.93. The molecule has 2 amide bonds. The van der Waals surface area contributed by atoms with Crippen molar-refractivity contribution in [2.75, 3.05) is 26.9 Å². The van der Waals surface area contributed by atoms with Gasteiger partial charge >= 0.3 is 0 Å². The zero-order valence-electron chi connectivity index (χ0n) is 18.8. The Bertz CT molecular complexity index is 886. The molecule has 0 saturated heterocycles. The lowest BCUT2D eigenvalue weighted by Gasteiger charge is -2.38. The summed E-state index contributed by atoms with van der Waals surface area (Å²) >= 11 is 0. The van der Waals surface area contributed by atoms with E-state index >= 15 is 0 Å². The summed E-state index contributed by atoms with van der Waals surface area (Å²) in [6.07, 6.45) is 6.37. The van der Waals surface area contributed by atoms with Crippen LogP contribution in [-0.4, -0.2) is 69.0 Å². The van der Waals surface area contributed by atoms with Gasteiger partial charge in [0.25, 0.3) is 5.91 Å². The Kier molecular flexibility index (Phi) is 7.42. The molecule has 0 spiro atoms. The molecule has 8 heteroatoms. The highest BCUT2D eigenvalue weighted by Gasteiger charge is 2.35. The van der Waals surface area contributed by atoms with Crippen LogP contribution >= 0.6 is 0 Å². The molecule has 3 rings (SSSR count). The molecule has 2 N–H and O–H groups in total. The molecule has 172 valence electrons. The third-order valence-corrected chi connectivity index (χ3v) is 8.88. The average molecular weight is 450 g/mol. The predicted octanol–water partition coefficient (Wildman–Crippen LogP) is 2.31. The van der Waals surface area contributed by atoms with Gasteiger partial charge in [0.2, 0.25) is 5.91 Å². The molecule has 1 aromatic rings. The first-order chi connectivity index (χ1) is 14.6. The molecule has 0 radical (unpaired) electrons. The fraction of sp³-hybridized carbons (Fsp3) is 0.652. The number of rotatable bonds is 7. The number of amides is 2. The molecule has 0 bridgehead atoms. The molecule has 2 aliphatic rings. The van der Waals surface area contributed by atoms with Gasteiger partial charge in [-0.3, -0.25) is 9.59 Å². The zero-order chi connectivity index (χ0) is 22.8. The van der Waals surface area contributed by atoms with E-state index in [0.717, 1.165) is 38.5 Å². The maximum absolute atomic E-state index is 12.9. The highest BCUT2D eigenvalue weighted by molar-refractivity contribution is 7.91. The second kappa shape index (κ2) is 9.69. The van der Waals surface area contributed by atoms with E-state index in [-0.39, 0.29) is 34.3 Å². The first-order valence-electron chi connectivity index (χ1n) is 11.2. The van der Waals surface area contributed by atoms with Gasteiger partial charge in [0.05, 0.1) is 16.7 Å². The number of nitrogens with two attached hydrogens (primary N) is 1. The van der Waals surface area contributed by atoms with Gasteiger partial charge in [-0.1, -0.05) is 0 Å². The van der Waals surface area contributed by atoms with E-state index in [2.05, 4.69) is 0 Å². The molecule has 0 aromatic heterocycles. The Morgan fingerprint density at radius 2 is 1.58 bits per heavy atom. The van der Waals surface area contributed by atoms with Crippen LogP contribution in [0.25, 0.3) is 0 Å². The summed E-state index contributed by atoms with van der Waals surface area (Å²) in [5, 5.41) is 0. The normalized spacial score (nSPS) is 23.0. The zero-order valence-corrected chi connectivity index (χ0v) is 19.6. The van der Waals surface area contributed by atoms with Gasteiger partial charge in [0, 0.05) is 32.7 Å². The van der Waals surface area contributed by atoms with Gasteiger partial charge in [-0.15, -0.1) is 0 Å². The van der Waals surface area contributed by atoms with Crippen LogP contribution in [0.5, 0.6) is 0 Å². The fourth-order valence-electron chi connectivity index (χ4n) is 4.57. The molecule has 1 aromatic carbocycles. The lowest BCUT2D eigenvalue weighted by atomic mass is 9.78. The van der Waals surface area contributed by atoms with E-state index in [1.807, 2.05) is 11.9 Å². The largest absolute Gasteiger partial charge is 0.345 e. The lowest BCUT2D eigenvalue weighted by Crippen LogP contribution is -2.52. The van der Waals surface area contributed by atoms with Gasteiger partial charge in [-0.2, -0.15) is 0 Å². The molecule has 7 nitrogen and oxygen atoms in total. The molecule has 2 saturated carbocycles. The molecule has 0 heterocycles. The van der Waals surface area contributed by atoms with Crippen LogP contribution in [0, 0.1) is 11.8 Å². The molecule has 2 aliphatic carbocycles. The fourth-order valence-corrected chi connectivity index (χ4v) is 6.27. The van der Waals surface area contributed by atoms with Crippen LogP contribution in [-0.2, 0) is 14.6 Å². The smallest absolute Gasteiger partial charge is 0.253 e. The van der Waals surface area contributed by atoms with Crippen molar-refractivity contribution in [3.8, 4) is 0 Å². The minimum Gasteiger partial charge on any atom is -0.345 e. The summed E-state index contributed by atoms with van der Waals surface area (Å²) in [7, 11) is 1.74. The Balaban J connectivity index is 1.53. The van der Waals surface area contributed by atoms with Gasteiger partial charge in [0.15, 0.2) is 9.84 Å². The monoisotopic (exact) mass is 449 g/mol. The quantitative estimate of drug-likeness (QED) is 0.688. The van der Waals surface area contributed by atoms with Gasteiger partial charge < -0.3 is 15.5 Å². The second-order valence-corrected chi connectivity index (χ2v) is 11.4. The summed E-state index contributed by atoms with van der Waals surface area (Å²) in [5.41, 5.74) is 6.76. The van der Waals surface area contributed by atoms with Crippen LogP contribution in [0.4, 0.5) is 0 Å². The third-order valence-electron chi connectivity index (χ3n) is 6.98. The maximum atomic E-state index is 12.9. The topological polar surface area (TPSA) is 101 Å². The van der Waals surface area contributed by atoms with E-state index < -0.39 is 15.9 Å². The number of likely N-dealkylation sites (N-methyl/N-ethyl adjacent to an activating group) is 1. The van der Waals surface area contributed by atoms with Gasteiger partial charge in [-0.05, 0) is 81.0 Å². The van der Waals surface area contributed by atoms with Gasteiger partial charge in [0.1, 0.15) is 0 Å². The van der Waals surface area contributed by atoms with Crippen LogP contribution in [0.3, 0.4) is 0 Å². The molecular formula is C23H35N3O4S. The number of hydrogen-bond acceptors (Lipinski definition) is 5. The van der Waals surface area contributed by atoms with Crippen molar-refractivity contribution >= 4 is 21.7 Å². The van der Waals surface area contributed by atoms with Crippen molar-refractivity contribution in [3.63, 3.8) is 0 Å². The third kappa shape index (κ3) is 5.47. The molecule has 31 heavy (non-hydrogen) atoms. The van der Waals surface area contributed by atoms with Crippen LogP contribution in [0.1, 0.15) is 55.3 Å². The highest BCUT2D eigenvalue weighted by Crippen LogP contribution is 2.33. The number of benzene rings is 1. The Labute approximate surface area is 185 Å². The number of carbonyl (C=O) groups is 2. The van der Waals surface area contributed by atoms with Crippen molar-refractivity contribution in [3.05, 3.63) is 29.8 Å². The second-order valence-electron chi connectivity index (χ2n) is 9.35. The van der Waals surface area contributed by atoms with E-state index in [1.54, 1.807) is 26.2 Å². The number of nitrogens with zero attached hydrogens (tertiary/aromatic N) is 2. The number of carbonyl (C=O) groups excluding carboxylic acids is 2. The first-order valence-corrected chi connectivity index (χ1v) is 12.8. The molecule has 2 fully saturated rings. The Morgan fingerprint density at radius 3 is 2.06 bits per heavy atom. The van der Waals surface area contributed by atoms with E-state index in [0.29, 0.717) is 11.6 Å². The van der Waals surface area contributed by atoms with Crippen LogP contribution < -0.4 is 5.73 Å².